The van der Waals surface area contributed by atoms with Crippen molar-refractivity contribution in [3.63, 3.8) is 0 Å². The van der Waals surface area contributed by atoms with Gasteiger partial charge in [-0.15, -0.1) is 0 Å². The molecule has 5 heteroatoms. The molecule has 0 fully saturated rings. The van der Waals surface area contributed by atoms with Gasteiger partial charge in [-0.1, -0.05) is 18.2 Å². The fourth-order valence-corrected chi connectivity index (χ4v) is 2.30. The molecule has 0 spiro atoms. The number of likely N-dealkylation sites (N-methyl/N-ethyl adjacent to an activating group) is 1. The molecule has 5 nitrogen and oxygen atoms in total. The Morgan fingerprint density at radius 3 is 2.90 bits per heavy atom. The molecule has 21 heavy (non-hydrogen) atoms. The van der Waals surface area contributed by atoms with Crippen LogP contribution >= 0.6 is 0 Å². The predicted octanol–water partition coefficient (Wildman–Crippen LogP) is 2.23. The Labute approximate surface area is 122 Å². The van der Waals surface area contributed by atoms with Crippen molar-refractivity contribution in [2.45, 2.75) is 6.10 Å². The number of phenolic OH excluding ortho intramolecular Hbond substituents is 1. The van der Waals surface area contributed by atoms with Crippen molar-refractivity contribution in [2.75, 3.05) is 23.8 Å². The van der Waals surface area contributed by atoms with Gasteiger partial charge in [0.05, 0.1) is 12.2 Å². The molecule has 0 saturated heterocycles. The minimum Gasteiger partial charge on any atom is -0.508 e. The van der Waals surface area contributed by atoms with E-state index in [1.807, 2.05) is 24.3 Å². The van der Waals surface area contributed by atoms with Gasteiger partial charge >= 0.3 is 0 Å². The summed E-state index contributed by atoms with van der Waals surface area (Å²) in [6.07, 6.45) is -0.591. The lowest BCUT2D eigenvalue weighted by Gasteiger charge is -2.29. The number of carbonyl (C=O) groups is 1. The standard InChI is InChI=1S/C16H16N2O3/c1-18(11-5-4-6-12(19)9-11)16(20)15-10-17-13-7-2-3-8-14(13)21-15/h2-9,15,17,19H,10H2,1H3. The van der Waals surface area contributed by atoms with E-state index in [9.17, 15) is 9.90 Å². The molecule has 2 N–H and O–H groups in total. The highest BCUT2D eigenvalue weighted by Crippen LogP contribution is 2.29. The Morgan fingerprint density at radius 2 is 2.10 bits per heavy atom. The maximum Gasteiger partial charge on any atom is 0.269 e. The van der Waals surface area contributed by atoms with Crippen LogP contribution in [0.15, 0.2) is 48.5 Å². The number of benzene rings is 2. The molecule has 2 aromatic carbocycles. The van der Waals surface area contributed by atoms with E-state index in [2.05, 4.69) is 5.32 Å². The summed E-state index contributed by atoms with van der Waals surface area (Å²) in [7, 11) is 1.67. The van der Waals surface area contributed by atoms with E-state index >= 15 is 0 Å². The van der Waals surface area contributed by atoms with E-state index in [4.69, 9.17) is 4.74 Å². The number of amides is 1. The second kappa shape index (κ2) is 5.36. The number of phenols is 1. The molecule has 2 aromatic rings. The van der Waals surface area contributed by atoms with Gasteiger partial charge < -0.3 is 20.1 Å². The van der Waals surface area contributed by atoms with Crippen LogP contribution in [0.5, 0.6) is 11.5 Å². The molecule has 0 bridgehead atoms. The van der Waals surface area contributed by atoms with Gasteiger partial charge in [-0.2, -0.15) is 0 Å². The van der Waals surface area contributed by atoms with Crippen LogP contribution in [-0.2, 0) is 4.79 Å². The quantitative estimate of drug-likeness (QED) is 0.887. The number of carbonyl (C=O) groups excluding carboxylic acids is 1. The summed E-state index contributed by atoms with van der Waals surface area (Å²) >= 11 is 0. The summed E-state index contributed by atoms with van der Waals surface area (Å²) in [5.74, 6) is 0.634. The van der Waals surface area contributed by atoms with Crippen molar-refractivity contribution >= 4 is 17.3 Å². The normalized spacial score (nSPS) is 16.3. The largest absolute Gasteiger partial charge is 0.508 e. The summed E-state index contributed by atoms with van der Waals surface area (Å²) in [4.78, 5) is 14.0. The third-order valence-corrected chi connectivity index (χ3v) is 3.46. The number of ether oxygens (including phenoxy) is 1. The maximum atomic E-state index is 12.5. The summed E-state index contributed by atoms with van der Waals surface area (Å²) in [5, 5.41) is 12.7. The van der Waals surface area contributed by atoms with Crippen LogP contribution in [0.3, 0.4) is 0 Å². The van der Waals surface area contributed by atoms with Crippen LogP contribution in [0.4, 0.5) is 11.4 Å². The first-order valence-electron chi connectivity index (χ1n) is 6.71. The van der Waals surface area contributed by atoms with E-state index in [0.29, 0.717) is 18.0 Å². The van der Waals surface area contributed by atoms with Gasteiger partial charge in [0.25, 0.3) is 5.91 Å². The third-order valence-electron chi connectivity index (χ3n) is 3.46. The molecule has 0 radical (unpaired) electrons. The van der Waals surface area contributed by atoms with Crippen molar-refractivity contribution in [3.8, 4) is 11.5 Å². The summed E-state index contributed by atoms with van der Waals surface area (Å²) in [5.41, 5.74) is 1.52. The molecule has 1 aliphatic rings. The van der Waals surface area contributed by atoms with Crippen LogP contribution < -0.4 is 15.0 Å². The average molecular weight is 284 g/mol. The van der Waals surface area contributed by atoms with Crippen LogP contribution in [0.2, 0.25) is 0 Å². The van der Waals surface area contributed by atoms with Gasteiger partial charge in [0.2, 0.25) is 0 Å². The predicted molar refractivity (Wildman–Crippen MR) is 80.9 cm³/mol. The zero-order chi connectivity index (χ0) is 14.8. The highest BCUT2D eigenvalue weighted by molar-refractivity contribution is 5.97. The minimum absolute atomic E-state index is 0.125. The fourth-order valence-electron chi connectivity index (χ4n) is 2.30. The van der Waals surface area contributed by atoms with Crippen molar-refractivity contribution in [1.82, 2.24) is 0 Å². The van der Waals surface area contributed by atoms with Crippen molar-refractivity contribution in [1.29, 1.82) is 0 Å². The Kier molecular flexibility index (Phi) is 3.39. The number of hydrogen-bond acceptors (Lipinski definition) is 4. The molecule has 1 aliphatic heterocycles. The SMILES string of the molecule is CN(C(=O)C1CNc2ccccc2O1)c1cccc(O)c1. The summed E-state index contributed by atoms with van der Waals surface area (Å²) in [6.45, 7) is 0.416. The number of para-hydroxylation sites is 2. The molecular weight excluding hydrogens is 268 g/mol. The first kappa shape index (κ1) is 13.3. The topological polar surface area (TPSA) is 61.8 Å². The number of anilines is 2. The lowest BCUT2D eigenvalue weighted by atomic mass is 10.2. The van der Waals surface area contributed by atoms with Crippen molar-refractivity contribution in [3.05, 3.63) is 48.5 Å². The second-order valence-corrected chi connectivity index (χ2v) is 4.90. The van der Waals surface area contributed by atoms with Crippen molar-refractivity contribution in [2.24, 2.45) is 0 Å². The molecule has 108 valence electrons. The minimum atomic E-state index is -0.591. The van der Waals surface area contributed by atoms with E-state index < -0.39 is 6.10 Å². The molecule has 0 aliphatic carbocycles. The van der Waals surface area contributed by atoms with Gasteiger partial charge in [0.15, 0.2) is 6.10 Å². The Hall–Kier alpha value is -2.69. The van der Waals surface area contributed by atoms with Gasteiger partial charge in [0.1, 0.15) is 11.5 Å². The Morgan fingerprint density at radius 1 is 1.29 bits per heavy atom. The molecule has 1 amide bonds. The number of aromatic hydroxyl groups is 1. The second-order valence-electron chi connectivity index (χ2n) is 4.90. The smallest absolute Gasteiger partial charge is 0.269 e. The van der Waals surface area contributed by atoms with Crippen LogP contribution in [0, 0.1) is 0 Å². The monoisotopic (exact) mass is 284 g/mol. The van der Waals surface area contributed by atoms with Crippen LogP contribution in [0.1, 0.15) is 0 Å². The fraction of sp³-hybridized carbons (Fsp3) is 0.188. The highest BCUT2D eigenvalue weighted by atomic mass is 16.5. The van der Waals surface area contributed by atoms with Crippen LogP contribution in [0.25, 0.3) is 0 Å². The molecule has 1 unspecified atom stereocenters. The Balaban J connectivity index is 1.77. The summed E-state index contributed by atoms with van der Waals surface area (Å²) < 4.78 is 5.75. The number of nitrogens with one attached hydrogen (secondary N) is 1. The molecule has 1 heterocycles. The van der Waals surface area contributed by atoms with Gasteiger partial charge in [-0.25, -0.2) is 0 Å². The van der Waals surface area contributed by atoms with E-state index in [0.717, 1.165) is 5.69 Å². The lowest BCUT2D eigenvalue weighted by Crippen LogP contribution is -2.45. The third kappa shape index (κ3) is 2.63. The molecular formula is C16H16N2O3. The van der Waals surface area contributed by atoms with Gasteiger partial charge in [-0.3, -0.25) is 4.79 Å². The van der Waals surface area contributed by atoms with Gasteiger partial charge in [0, 0.05) is 18.8 Å². The summed E-state index contributed by atoms with van der Waals surface area (Å²) in [6, 6.07) is 14.1. The zero-order valence-electron chi connectivity index (χ0n) is 11.6. The van der Waals surface area contributed by atoms with E-state index in [-0.39, 0.29) is 11.7 Å². The molecule has 1 atom stereocenters. The van der Waals surface area contributed by atoms with E-state index in [1.165, 1.54) is 4.90 Å². The Bertz CT molecular complexity index is 672. The van der Waals surface area contributed by atoms with Crippen molar-refractivity contribution < 1.29 is 14.6 Å². The first-order chi connectivity index (χ1) is 10.1. The van der Waals surface area contributed by atoms with E-state index in [1.54, 1.807) is 31.3 Å². The number of nitrogens with zero attached hydrogens (tertiary/aromatic N) is 1. The molecule has 0 saturated carbocycles. The number of fused-ring (bicyclic) bond motifs is 1. The molecule has 0 aromatic heterocycles. The number of rotatable bonds is 2. The zero-order valence-corrected chi connectivity index (χ0v) is 11.6. The van der Waals surface area contributed by atoms with Gasteiger partial charge in [-0.05, 0) is 24.3 Å². The number of hydrogen-bond donors (Lipinski definition) is 2. The highest BCUT2D eigenvalue weighted by Gasteiger charge is 2.28. The maximum absolute atomic E-state index is 12.5. The molecule has 3 rings (SSSR count). The first-order valence-corrected chi connectivity index (χ1v) is 6.71. The van der Waals surface area contributed by atoms with Crippen LogP contribution in [-0.4, -0.2) is 30.7 Å². The average Bonchev–Trinajstić information content (AvgIpc) is 2.53. The lowest BCUT2D eigenvalue weighted by molar-refractivity contribution is -0.124.